The Morgan fingerprint density at radius 2 is 1.88 bits per heavy atom. The number of rotatable bonds is 5. The zero-order valence-corrected chi connectivity index (χ0v) is 14.2. The van der Waals surface area contributed by atoms with Crippen LogP contribution >= 0.6 is 0 Å². The van der Waals surface area contributed by atoms with Crippen LogP contribution in [0.1, 0.15) is 26.7 Å². The van der Waals surface area contributed by atoms with Crippen LogP contribution in [0.3, 0.4) is 0 Å². The fourth-order valence-corrected chi connectivity index (χ4v) is 3.20. The van der Waals surface area contributed by atoms with E-state index in [9.17, 15) is 33.9 Å². The molecule has 4 unspecified atom stereocenters. The summed E-state index contributed by atoms with van der Waals surface area (Å²) in [7, 11) is 0. The quantitative estimate of drug-likeness (QED) is 0.304. The second-order valence-corrected chi connectivity index (χ2v) is 6.17. The lowest BCUT2D eigenvalue weighted by atomic mass is 9.86. The second kappa shape index (κ2) is 7.56. The average Bonchev–Trinajstić information content (AvgIpc) is 2.90. The van der Waals surface area contributed by atoms with Gasteiger partial charge < -0.3 is 5.11 Å². The molecule has 0 bridgehead atoms. The van der Waals surface area contributed by atoms with Crippen molar-refractivity contribution in [3.05, 3.63) is 12.2 Å². The molecule has 2 fully saturated rings. The van der Waals surface area contributed by atoms with E-state index in [1.165, 1.54) is 0 Å². The van der Waals surface area contributed by atoms with Gasteiger partial charge in [0.05, 0.1) is 0 Å². The number of amides is 5. The van der Waals surface area contributed by atoms with Gasteiger partial charge in [-0.3, -0.25) is 39.4 Å². The number of carbonyl (C=O) groups excluding carboxylic acids is 5. The number of hydrogen-bond acceptors (Lipinski definition) is 7. The highest BCUT2D eigenvalue weighted by Crippen LogP contribution is 2.30. The van der Waals surface area contributed by atoms with Crippen LogP contribution in [0.2, 0.25) is 0 Å². The fourth-order valence-electron chi connectivity index (χ4n) is 3.20. The SMILES string of the molecule is C/C=C\C1CC(C(=O)O)NC1C(C(=O)NC(C)=O)C(=O)N1C(=O)CC1=O. The van der Waals surface area contributed by atoms with E-state index in [1.807, 2.05) is 5.32 Å². The van der Waals surface area contributed by atoms with E-state index in [4.69, 9.17) is 0 Å². The first-order chi connectivity index (χ1) is 12.2. The second-order valence-electron chi connectivity index (χ2n) is 6.17. The molecule has 2 aliphatic rings. The van der Waals surface area contributed by atoms with Gasteiger partial charge in [0.1, 0.15) is 18.4 Å². The third-order valence-corrected chi connectivity index (χ3v) is 4.33. The molecule has 10 heteroatoms. The van der Waals surface area contributed by atoms with Crippen molar-refractivity contribution >= 4 is 35.5 Å². The molecule has 4 atom stereocenters. The van der Waals surface area contributed by atoms with Crippen LogP contribution in [0.15, 0.2) is 12.2 Å². The van der Waals surface area contributed by atoms with Crippen LogP contribution in [0.4, 0.5) is 0 Å². The third kappa shape index (κ3) is 3.69. The summed E-state index contributed by atoms with van der Waals surface area (Å²) in [5.41, 5.74) is 0. The molecule has 0 radical (unpaired) electrons. The van der Waals surface area contributed by atoms with Crippen LogP contribution in [0, 0.1) is 11.8 Å². The Kier molecular flexibility index (Phi) is 5.66. The zero-order chi connectivity index (χ0) is 19.6. The minimum absolute atomic E-state index is 0.114. The van der Waals surface area contributed by atoms with E-state index in [0.29, 0.717) is 4.90 Å². The molecule has 2 rings (SSSR count). The Bertz CT molecular complexity index is 701. The molecular formula is C16H19N3O7. The summed E-state index contributed by atoms with van der Waals surface area (Å²) >= 11 is 0. The van der Waals surface area contributed by atoms with E-state index in [1.54, 1.807) is 19.1 Å². The zero-order valence-electron chi connectivity index (χ0n) is 14.2. The molecule has 5 amide bonds. The van der Waals surface area contributed by atoms with Crippen LogP contribution < -0.4 is 10.6 Å². The molecule has 0 aromatic carbocycles. The topological polar surface area (TPSA) is 150 Å². The predicted molar refractivity (Wildman–Crippen MR) is 85.1 cm³/mol. The highest BCUT2D eigenvalue weighted by Gasteiger charge is 2.51. The van der Waals surface area contributed by atoms with Crippen molar-refractivity contribution in [1.29, 1.82) is 0 Å². The first-order valence-electron chi connectivity index (χ1n) is 8.00. The van der Waals surface area contributed by atoms with E-state index in [0.717, 1.165) is 6.92 Å². The summed E-state index contributed by atoms with van der Waals surface area (Å²) in [6, 6.07) is -2.00. The van der Waals surface area contributed by atoms with Gasteiger partial charge >= 0.3 is 5.97 Å². The maximum atomic E-state index is 12.7. The van der Waals surface area contributed by atoms with Crippen molar-refractivity contribution in [3.8, 4) is 0 Å². The van der Waals surface area contributed by atoms with Gasteiger partial charge in [0.2, 0.25) is 29.5 Å². The molecule has 0 aromatic heterocycles. The summed E-state index contributed by atoms with van der Waals surface area (Å²) < 4.78 is 0. The number of nitrogens with one attached hydrogen (secondary N) is 2. The van der Waals surface area contributed by atoms with Crippen molar-refractivity contribution in [1.82, 2.24) is 15.5 Å². The standard InChI is InChI=1S/C16H19N3O7/c1-3-4-8-5-9(16(25)26)18-13(8)12(14(23)17-7(2)20)15(24)19-10(21)6-11(19)22/h3-4,8-9,12-13,18H,5-6H2,1-2H3,(H,25,26)(H,17,20,23)/b4-3-. The average molecular weight is 365 g/mol. The van der Waals surface area contributed by atoms with Crippen LogP contribution in [0.25, 0.3) is 0 Å². The van der Waals surface area contributed by atoms with Gasteiger partial charge in [-0.1, -0.05) is 12.2 Å². The van der Waals surface area contributed by atoms with Crippen LogP contribution in [-0.2, 0) is 28.8 Å². The summed E-state index contributed by atoms with van der Waals surface area (Å²) in [6.45, 7) is 2.77. The molecule has 0 aromatic rings. The number of carboxylic acids is 1. The first-order valence-corrected chi connectivity index (χ1v) is 8.00. The van der Waals surface area contributed by atoms with Gasteiger partial charge in [0.25, 0.3) is 0 Å². The van der Waals surface area contributed by atoms with E-state index < -0.39 is 65.8 Å². The van der Waals surface area contributed by atoms with Crippen molar-refractivity contribution in [2.45, 2.75) is 38.8 Å². The largest absolute Gasteiger partial charge is 0.480 e. The maximum absolute atomic E-state index is 12.7. The number of carbonyl (C=O) groups is 6. The summed E-state index contributed by atoms with van der Waals surface area (Å²) in [6.07, 6.45) is 2.97. The lowest BCUT2D eigenvalue weighted by Gasteiger charge is -2.32. The molecule has 10 nitrogen and oxygen atoms in total. The minimum atomic E-state index is -1.60. The van der Waals surface area contributed by atoms with Gasteiger partial charge in [0, 0.05) is 13.0 Å². The lowest BCUT2D eigenvalue weighted by Crippen LogP contribution is -2.60. The molecular weight excluding hydrogens is 346 g/mol. The van der Waals surface area contributed by atoms with Gasteiger partial charge in [-0.25, -0.2) is 4.90 Å². The van der Waals surface area contributed by atoms with E-state index >= 15 is 0 Å². The molecule has 3 N–H and O–H groups in total. The number of aliphatic carboxylic acids is 1. The number of hydrogen-bond donors (Lipinski definition) is 3. The molecule has 26 heavy (non-hydrogen) atoms. The number of imide groups is 4. The van der Waals surface area contributed by atoms with Crippen molar-refractivity contribution < 1.29 is 33.9 Å². The molecule has 0 saturated carbocycles. The number of β-lactam (4-membered cyclic amide) rings is 2. The summed E-state index contributed by atoms with van der Waals surface area (Å²) in [5.74, 6) is -7.53. The number of likely N-dealkylation sites (tertiary alicyclic amines) is 1. The van der Waals surface area contributed by atoms with E-state index in [2.05, 4.69) is 5.32 Å². The van der Waals surface area contributed by atoms with Crippen molar-refractivity contribution in [2.75, 3.05) is 0 Å². The predicted octanol–water partition coefficient (Wildman–Crippen LogP) is -1.44. The smallest absolute Gasteiger partial charge is 0.320 e. The van der Waals surface area contributed by atoms with Crippen LogP contribution in [0.5, 0.6) is 0 Å². The van der Waals surface area contributed by atoms with Gasteiger partial charge in [-0.05, 0) is 19.3 Å². The fraction of sp³-hybridized carbons (Fsp3) is 0.500. The third-order valence-electron chi connectivity index (χ3n) is 4.33. The summed E-state index contributed by atoms with van der Waals surface area (Å²) in [4.78, 5) is 71.2. The Labute approximate surface area is 148 Å². The monoisotopic (exact) mass is 365 g/mol. The van der Waals surface area contributed by atoms with Crippen molar-refractivity contribution in [2.24, 2.45) is 11.8 Å². The highest BCUT2D eigenvalue weighted by molar-refractivity contribution is 6.27. The van der Waals surface area contributed by atoms with Gasteiger partial charge in [-0.15, -0.1) is 0 Å². The first kappa shape index (κ1) is 19.4. The normalized spacial score (nSPS) is 26.5. The molecule has 0 spiro atoms. The van der Waals surface area contributed by atoms with Crippen molar-refractivity contribution in [3.63, 3.8) is 0 Å². The maximum Gasteiger partial charge on any atom is 0.320 e. The molecule has 2 saturated heterocycles. The number of allylic oxidation sites excluding steroid dienone is 1. The minimum Gasteiger partial charge on any atom is -0.480 e. The Morgan fingerprint density at radius 3 is 2.35 bits per heavy atom. The lowest BCUT2D eigenvalue weighted by molar-refractivity contribution is -0.166. The number of nitrogens with zero attached hydrogens (tertiary/aromatic N) is 1. The molecule has 0 aliphatic carbocycles. The Hall–Kier alpha value is -2.88. The van der Waals surface area contributed by atoms with Gasteiger partial charge in [0.15, 0.2) is 0 Å². The summed E-state index contributed by atoms with van der Waals surface area (Å²) in [5, 5.41) is 13.9. The number of carboxylic acid groups (broad SMARTS) is 1. The molecule has 2 heterocycles. The van der Waals surface area contributed by atoms with E-state index in [-0.39, 0.29) is 6.42 Å². The highest BCUT2D eigenvalue weighted by atomic mass is 16.4. The molecule has 140 valence electrons. The van der Waals surface area contributed by atoms with Crippen LogP contribution in [-0.4, -0.2) is 57.6 Å². The van der Waals surface area contributed by atoms with Gasteiger partial charge in [-0.2, -0.15) is 0 Å². The molecule has 2 aliphatic heterocycles. The Morgan fingerprint density at radius 1 is 1.27 bits per heavy atom. The Balaban J connectivity index is 2.38.